The molecule has 2 N–H and O–H groups in total. The van der Waals surface area contributed by atoms with Crippen molar-refractivity contribution in [1.29, 1.82) is 0 Å². The highest BCUT2D eigenvalue weighted by atomic mass is 16.4. The molecule has 0 fully saturated rings. The highest BCUT2D eigenvalue weighted by Gasteiger charge is 2.34. The van der Waals surface area contributed by atoms with E-state index in [4.69, 9.17) is 0 Å². The summed E-state index contributed by atoms with van der Waals surface area (Å²) in [5.41, 5.74) is 3.89. The molecular formula is C20H18N2O3. The SMILES string of the molecule is O=C(O)[C@@H]1Cc2ccccc2CN1C(=O)Cc1c[nH]c2ccccc12. The number of fused-ring (bicyclic) bond motifs is 2. The minimum Gasteiger partial charge on any atom is -0.480 e. The number of nitrogens with zero attached hydrogens (tertiary/aromatic N) is 1. The van der Waals surface area contributed by atoms with Crippen LogP contribution in [0.2, 0.25) is 0 Å². The fourth-order valence-corrected chi connectivity index (χ4v) is 3.55. The molecule has 0 unspecified atom stereocenters. The van der Waals surface area contributed by atoms with Gasteiger partial charge < -0.3 is 15.0 Å². The quantitative estimate of drug-likeness (QED) is 0.773. The Hall–Kier alpha value is -3.08. The normalized spacial score (nSPS) is 16.6. The zero-order valence-corrected chi connectivity index (χ0v) is 13.6. The molecule has 1 atom stereocenters. The number of amides is 1. The number of carboxylic acid groups (broad SMARTS) is 1. The van der Waals surface area contributed by atoms with Crippen molar-refractivity contribution in [3.63, 3.8) is 0 Å². The molecule has 2 heterocycles. The van der Waals surface area contributed by atoms with Gasteiger partial charge in [-0.3, -0.25) is 4.79 Å². The maximum Gasteiger partial charge on any atom is 0.326 e. The van der Waals surface area contributed by atoms with Gasteiger partial charge in [-0.25, -0.2) is 4.79 Å². The molecule has 1 amide bonds. The van der Waals surface area contributed by atoms with Crippen LogP contribution in [-0.2, 0) is 29.0 Å². The summed E-state index contributed by atoms with van der Waals surface area (Å²) in [6, 6.07) is 14.7. The standard InChI is InChI=1S/C20H18N2O3/c23-19(10-15-11-21-17-8-4-3-7-16(15)17)22-12-14-6-2-1-5-13(14)9-18(22)20(24)25/h1-8,11,18,21H,9-10,12H2,(H,24,25)/t18-/m0/s1. The zero-order valence-electron chi connectivity index (χ0n) is 13.6. The number of aliphatic carboxylic acids is 1. The van der Waals surface area contributed by atoms with Crippen molar-refractivity contribution in [1.82, 2.24) is 9.88 Å². The minimum absolute atomic E-state index is 0.161. The number of para-hydroxylation sites is 1. The first-order valence-corrected chi connectivity index (χ1v) is 8.27. The van der Waals surface area contributed by atoms with E-state index in [0.717, 1.165) is 27.6 Å². The predicted octanol–water partition coefficient (Wildman–Crippen LogP) is 2.75. The number of carboxylic acids is 1. The first-order valence-electron chi connectivity index (χ1n) is 8.27. The number of aromatic nitrogens is 1. The molecule has 1 aliphatic heterocycles. The average Bonchev–Trinajstić information content (AvgIpc) is 3.03. The van der Waals surface area contributed by atoms with Crippen LogP contribution in [0.1, 0.15) is 16.7 Å². The van der Waals surface area contributed by atoms with E-state index in [1.54, 1.807) is 0 Å². The van der Waals surface area contributed by atoms with Crippen molar-refractivity contribution in [2.75, 3.05) is 0 Å². The second-order valence-electron chi connectivity index (χ2n) is 6.38. The number of hydrogen-bond donors (Lipinski definition) is 2. The summed E-state index contributed by atoms with van der Waals surface area (Å²) in [5.74, 6) is -1.12. The lowest BCUT2D eigenvalue weighted by atomic mass is 9.93. The van der Waals surface area contributed by atoms with Gasteiger partial charge in [0.15, 0.2) is 0 Å². The molecule has 2 aromatic carbocycles. The molecule has 25 heavy (non-hydrogen) atoms. The molecule has 126 valence electrons. The van der Waals surface area contributed by atoms with Crippen molar-refractivity contribution >= 4 is 22.8 Å². The summed E-state index contributed by atoms with van der Waals surface area (Å²) in [7, 11) is 0. The van der Waals surface area contributed by atoms with Gasteiger partial charge in [0.2, 0.25) is 5.91 Å². The molecule has 5 nitrogen and oxygen atoms in total. The maximum absolute atomic E-state index is 12.9. The zero-order chi connectivity index (χ0) is 17.4. The Balaban J connectivity index is 1.63. The van der Waals surface area contributed by atoms with Crippen LogP contribution in [0, 0.1) is 0 Å². The van der Waals surface area contributed by atoms with Crippen LogP contribution in [0.15, 0.2) is 54.7 Å². The van der Waals surface area contributed by atoms with Gasteiger partial charge in [0.25, 0.3) is 0 Å². The van der Waals surface area contributed by atoms with Crippen molar-refractivity contribution in [2.45, 2.75) is 25.4 Å². The molecule has 0 spiro atoms. The number of hydrogen-bond acceptors (Lipinski definition) is 2. The number of carbonyl (C=O) groups excluding carboxylic acids is 1. The summed E-state index contributed by atoms with van der Waals surface area (Å²) < 4.78 is 0. The Labute approximate surface area is 144 Å². The molecule has 1 aromatic heterocycles. The molecule has 5 heteroatoms. The van der Waals surface area contributed by atoms with Crippen LogP contribution in [0.4, 0.5) is 0 Å². The predicted molar refractivity (Wildman–Crippen MR) is 94.1 cm³/mol. The van der Waals surface area contributed by atoms with E-state index in [9.17, 15) is 14.7 Å². The highest BCUT2D eigenvalue weighted by Crippen LogP contribution is 2.25. The van der Waals surface area contributed by atoms with Crippen molar-refractivity contribution in [3.05, 3.63) is 71.4 Å². The van der Waals surface area contributed by atoms with Gasteiger partial charge in [-0.05, 0) is 22.8 Å². The third-order valence-corrected chi connectivity index (χ3v) is 4.87. The Morgan fingerprint density at radius 2 is 1.80 bits per heavy atom. The van der Waals surface area contributed by atoms with Crippen LogP contribution in [-0.4, -0.2) is 32.9 Å². The monoisotopic (exact) mass is 334 g/mol. The molecule has 0 aliphatic carbocycles. The topological polar surface area (TPSA) is 73.4 Å². The van der Waals surface area contributed by atoms with Crippen LogP contribution >= 0.6 is 0 Å². The number of nitrogens with one attached hydrogen (secondary N) is 1. The van der Waals surface area contributed by atoms with Crippen LogP contribution in [0.5, 0.6) is 0 Å². The lowest BCUT2D eigenvalue weighted by Crippen LogP contribution is -2.49. The van der Waals surface area contributed by atoms with E-state index < -0.39 is 12.0 Å². The van der Waals surface area contributed by atoms with Crippen molar-refractivity contribution in [3.8, 4) is 0 Å². The lowest BCUT2D eigenvalue weighted by Gasteiger charge is -2.34. The van der Waals surface area contributed by atoms with Gasteiger partial charge in [-0.15, -0.1) is 0 Å². The Morgan fingerprint density at radius 1 is 1.08 bits per heavy atom. The van der Waals surface area contributed by atoms with Crippen molar-refractivity contribution < 1.29 is 14.7 Å². The van der Waals surface area contributed by atoms with Crippen molar-refractivity contribution in [2.24, 2.45) is 0 Å². The van der Waals surface area contributed by atoms with E-state index in [1.807, 2.05) is 54.7 Å². The molecule has 4 rings (SSSR count). The average molecular weight is 334 g/mol. The number of rotatable bonds is 3. The van der Waals surface area contributed by atoms with E-state index in [1.165, 1.54) is 4.90 Å². The van der Waals surface area contributed by atoms with Gasteiger partial charge >= 0.3 is 5.97 Å². The minimum atomic E-state index is -0.957. The summed E-state index contributed by atoms with van der Waals surface area (Å²) in [6.07, 6.45) is 2.37. The molecule has 0 saturated carbocycles. The smallest absolute Gasteiger partial charge is 0.326 e. The largest absolute Gasteiger partial charge is 0.480 e. The van der Waals surface area contributed by atoms with Gasteiger partial charge in [0, 0.05) is 30.1 Å². The Kier molecular flexibility index (Phi) is 3.76. The van der Waals surface area contributed by atoms with Crippen LogP contribution < -0.4 is 0 Å². The van der Waals surface area contributed by atoms with E-state index in [0.29, 0.717) is 13.0 Å². The Morgan fingerprint density at radius 3 is 2.60 bits per heavy atom. The summed E-state index contributed by atoms with van der Waals surface area (Å²) in [6.45, 7) is 0.342. The Bertz CT molecular complexity index is 960. The fraction of sp³-hybridized carbons (Fsp3) is 0.200. The molecular weight excluding hydrogens is 316 g/mol. The highest BCUT2D eigenvalue weighted by molar-refractivity contribution is 5.91. The molecule has 0 bridgehead atoms. The molecule has 1 aliphatic rings. The first-order chi connectivity index (χ1) is 12.1. The summed E-state index contributed by atoms with van der Waals surface area (Å²) in [5, 5.41) is 10.6. The number of carbonyl (C=O) groups is 2. The first kappa shape index (κ1) is 15.4. The molecule has 0 radical (unpaired) electrons. The van der Waals surface area contributed by atoms with Crippen LogP contribution in [0.3, 0.4) is 0 Å². The number of aromatic amines is 1. The maximum atomic E-state index is 12.9. The number of benzene rings is 2. The van der Waals surface area contributed by atoms with Gasteiger partial charge in [-0.1, -0.05) is 42.5 Å². The number of H-pyrrole nitrogens is 1. The van der Waals surface area contributed by atoms with Gasteiger partial charge in [-0.2, -0.15) is 0 Å². The summed E-state index contributed by atoms with van der Waals surface area (Å²) in [4.78, 5) is 29.2. The third-order valence-electron chi connectivity index (χ3n) is 4.87. The van der Waals surface area contributed by atoms with E-state index in [-0.39, 0.29) is 12.3 Å². The fourth-order valence-electron chi connectivity index (χ4n) is 3.55. The lowest BCUT2D eigenvalue weighted by molar-refractivity contribution is -0.151. The van der Waals surface area contributed by atoms with E-state index >= 15 is 0 Å². The van der Waals surface area contributed by atoms with Crippen LogP contribution in [0.25, 0.3) is 10.9 Å². The summed E-state index contributed by atoms with van der Waals surface area (Å²) >= 11 is 0. The molecule has 3 aromatic rings. The van der Waals surface area contributed by atoms with Gasteiger partial charge in [0.1, 0.15) is 6.04 Å². The van der Waals surface area contributed by atoms with Gasteiger partial charge in [0.05, 0.1) is 6.42 Å². The third kappa shape index (κ3) is 2.78. The second-order valence-corrected chi connectivity index (χ2v) is 6.38. The second kappa shape index (κ2) is 6.09. The molecule has 0 saturated heterocycles. The van der Waals surface area contributed by atoms with E-state index in [2.05, 4.69) is 4.98 Å².